The molecule has 0 aliphatic carbocycles. The number of carbonyl (C=O) groups excluding carboxylic acids is 1. The molecular weight excluding hydrogens is 508 g/mol. The van der Waals surface area contributed by atoms with Gasteiger partial charge in [0.2, 0.25) is 5.91 Å². The van der Waals surface area contributed by atoms with E-state index in [1.807, 2.05) is 13.8 Å². The van der Waals surface area contributed by atoms with Crippen LogP contribution in [-0.2, 0) is 14.6 Å². The number of para-hydroxylation sites is 1. The molecule has 0 unspecified atom stereocenters. The quantitative estimate of drug-likeness (QED) is 0.364. The molecule has 0 aliphatic heterocycles. The number of sulfone groups is 1. The van der Waals surface area contributed by atoms with Crippen molar-refractivity contribution < 1.29 is 17.6 Å². The SMILES string of the molecule is CCN(CC)CCN(C(=O)CCS(=O)(=O)c1ccc(Cl)cc1)c1nc2c(F)cccc2s1.Cl. The molecule has 6 nitrogen and oxygen atoms in total. The summed E-state index contributed by atoms with van der Waals surface area (Å²) in [6.07, 6.45) is -0.207. The zero-order valence-corrected chi connectivity index (χ0v) is 21.5. The van der Waals surface area contributed by atoms with Crippen LogP contribution in [0.25, 0.3) is 10.2 Å². The number of halogens is 3. The number of aromatic nitrogens is 1. The van der Waals surface area contributed by atoms with E-state index in [0.717, 1.165) is 13.1 Å². The summed E-state index contributed by atoms with van der Waals surface area (Å²) in [6, 6.07) is 10.5. The van der Waals surface area contributed by atoms with E-state index in [4.69, 9.17) is 11.6 Å². The Morgan fingerprint density at radius 3 is 2.36 bits per heavy atom. The molecule has 0 bridgehead atoms. The van der Waals surface area contributed by atoms with Crippen molar-refractivity contribution in [1.29, 1.82) is 0 Å². The van der Waals surface area contributed by atoms with Crippen molar-refractivity contribution in [3.63, 3.8) is 0 Å². The minimum Gasteiger partial charge on any atom is -0.302 e. The molecule has 0 fully saturated rings. The Morgan fingerprint density at radius 1 is 1.09 bits per heavy atom. The topological polar surface area (TPSA) is 70.6 Å². The molecule has 2 aromatic carbocycles. The molecule has 1 aromatic heterocycles. The number of nitrogens with zero attached hydrogens (tertiary/aromatic N) is 3. The predicted octanol–water partition coefficient (Wildman–Crippen LogP) is 5.05. The van der Waals surface area contributed by atoms with Gasteiger partial charge in [-0.05, 0) is 49.5 Å². The van der Waals surface area contributed by atoms with Gasteiger partial charge < -0.3 is 4.90 Å². The van der Waals surface area contributed by atoms with Crippen LogP contribution in [0.15, 0.2) is 47.4 Å². The first kappa shape index (κ1) is 27.5. The van der Waals surface area contributed by atoms with E-state index in [2.05, 4.69) is 9.88 Å². The molecule has 180 valence electrons. The molecule has 0 saturated carbocycles. The monoisotopic (exact) mass is 533 g/mol. The molecule has 0 atom stereocenters. The van der Waals surface area contributed by atoms with Gasteiger partial charge in [0.05, 0.1) is 15.3 Å². The van der Waals surface area contributed by atoms with Crippen LogP contribution in [0, 0.1) is 5.82 Å². The molecule has 0 radical (unpaired) electrons. The molecule has 3 rings (SSSR count). The number of carbonyl (C=O) groups is 1. The number of rotatable bonds is 10. The van der Waals surface area contributed by atoms with Crippen molar-refractivity contribution in [2.45, 2.75) is 25.2 Å². The number of fused-ring (bicyclic) bond motifs is 1. The average Bonchev–Trinajstić information content (AvgIpc) is 3.21. The number of hydrogen-bond donors (Lipinski definition) is 0. The van der Waals surface area contributed by atoms with Crippen LogP contribution in [0.2, 0.25) is 5.02 Å². The summed E-state index contributed by atoms with van der Waals surface area (Å²) in [5, 5.41) is 0.803. The number of hydrogen-bond acceptors (Lipinski definition) is 6. The standard InChI is InChI=1S/C22H25ClFN3O3S2.ClH/c1-3-26(4-2)13-14-27(22-25-21-18(24)6-5-7-19(21)31-22)20(28)12-15-32(29,30)17-10-8-16(23)9-11-17;/h5-11H,3-4,12-15H2,1-2H3;1H. The third kappa shape index (κ3) is 6.86. The molecule has 0 N–H and O–H groups in total. The van der Waals surface area contributed by atoms with Crippen LogP contribution in [-0.4, -0.2) is 56.1 Å². The molecule has 0 aliphatic rings. The molecule has 0 spiro atoms. The van der Waals surface area contributed by atoms with Gasteiger partial charge in [0.15, 0.2) is 15.0 Å². The van der Waals surface area contributed by atoms with Crippen molar-refractivity contribution in [3.05, 3.63) is 53.3 Å². The van der Waals surface area contributed by atoms with Crippen LogP contribution in [0.4, 0.5) is 9.52 Å². The van der Waals surface area contributed by atoms with Crippen molar-refractivity contribution in [2.75, 3.05) is 36.8 Å². The largest absolute Gasteiger partial charge is 0.302 e. The molecule has 3 aromatic rings. The second-order valence-electron chi connectivity index (χ2n) is 7.18. The highest BCUT2D eigenvalue weighted by atomic mass is 35.5. The Balaban J connectivity index is 0.00000385. The third-order valence-corrected chi connectivity index (χ3v) is 8.21. The van der Waals surface area contributed by atoms with Crippen LogP contribution in [0.3, 0.4) is 0 Å². The highest BCUT2D eigenvalue weighted by Crippen LogP contribution is 2.30. The van der Waals surface area contributed by atoms with Crippen molar-refractivity contribution in [1.82, 2.24) is 9.88 Å². The first-order valence-electron chi connectivity index (χ1n) is 10.3. The smallest absolute Gasteiger partial charge is 0.229 e. The normalized spacial score (nSPS) is 11.5. The Bertz CT molecular complexity index is 1180. The van der Waals surface area contributed by atoms with E-state index in [0.29, 0.717) is 27.9 Å². The summed E-state index contributed by atoms with van der Waals surface area (Å²) in [7, 11) is -3.65. The Hall–Kier alpha value is -1.78. The van der Waals surface area contributed by atoms with E-state index < -0.39 is 15.7 Å². The summed E-state index contributed by atoms with van der Waals surface area (Å²) in [6.45, 7) is 6.63. The fourth-order valence-electron chi connectivity index (χ4n) is 3.24. The van der Waals surface area contributed by atoms with Crippen LogP contribution >= 0.6 is 35.3 Å². The third-order valence-electron chi connectivity index (χ3n) is 5.18. The van der Waals surface area contributed by atoms with E-state index in [1.54, 1.807) is 12.1 Å². The minimum absolute atomic E-state index is 0. The zero-order chi connectivity index (χ0) is 23.3. The molecule has 1 heterocycles. The molecule has 33 heavy (non-hydrogen) atoms. The number of benzene rings is 2. The van der Waals surface area contributed by atoms with E-state index in [1.165, 1.54) is 46.6 Å². The van der Waals surface area contributed by atoms with Crippen molar-refractivity contribution >= 4 is 66.4 Å². The van der Waals surface area contributed by atoms with Crippen LogP contribution in [0.1, 0.15) is 20.3 Å². The average molecular weight is 535 g/mol. The van der Waals surface area contributed by atoms with Crippen LogP contribution < -0.4 is 4.90 Å². The van der Waals surface area contributed by atoms with Gasteiger partial charge in [-0.25, -0.2) is 17.8 Å². The lowest BCUT2D eigenvalue weighted by Gasteiger charge is -2.24. The summed E-state index contributed by atoms with van der Waals surface area (Å²) < 4.78 is 40.1. The fraction of sp³-hybridized carbons (Fsp3) is 0.364. The zero-order valence-electron chi connectivity index (χ0n) is 18.3. The van der Waals surface area contributed by atoms with Gasteiger partial charge in [0.1, 0.15) is 11.3 Å². The highest BCUT2D eigenvalue weighted by molar-refractivity contribution is 7.91. The molecule has 11 heteroatoms. The summed E-state index contributed by atoms with van der Waals surface area (Å²) in [5.41, 5.74) is 0.210. The summed E-state index contributed by atoms with van der Waals surface area (Å²) in [4.78, 5) is 21.2. The van der Waals surface area contributed by atoms with Gasteiger partial charge in [-0.2, -0.15) is 0 Å². The molecule has 1 amide bonds. The maximum absolute atomic E-state index is 14.2. The predicted molar refractivity (Wildman–Crippen MR) is 135 cm³/mol. The Labute approximate surface area is 208 Å². The van der Waals surface area contributed by atoms with Gasteiger partial charge in [0.25, 0.3) is 0 Å². The first-order chi connectivity index (χ1) is 15.2. The lowest BCUT2D eigenvalue weighted by molar-refractivity contribution is -0.118. The summed E-state index contributed by atoms with van der Waals surface area (Å²) >= 11 is 7.05. The lowest BCUT2D eigenvalue weighted by Crippen LogP contribution is -2.39. The number of anilines is 1. The molecular formula is C22H26Cl2FN3O3S2. The van der Waals surface area contributed by atoms with Gasteiger partial charge >= 0.3 is 0 Å². The van der Waals surface area contributed by atoms with E-state index in [9.17, 15) is 17.6 Å². The number of amides is 1. The van der Waals surface area contributed by atoms with Crippen LogP contribution in [0.5, 0.6) is 0 Å². The van der Waals surface area contributed by atoms with Gasteiger partial charge in [0, 0.05) is 24.5 Å². The second kappa shape index (κ2) is 12.1. The number of thiazole rings is 1. The minimum atomic E-state index is -3.65. The van der Waals surface area contributed by atoms with E-state index >= 15 is 0 Å². The Kier molecular flexibility index (Phi) is 10.1. The van der Waals surface area contributed by atoms with E-state index in [-0.39, 0.29) is 40.9 Å². The fourth-order valence-corrected chi connectivity index (χ4v) is 5.62. The molecule has 0 saturated heterocycles. The van der Waals surface area contributed by atoms with Crippen molar-refractivity contribution in [2.24, 2.45) is 0 Å². The summed E-state index contributed by atoms with van der Waals surface area (Å²) in [5.74, 6) is -1.16. The maximum Gasteiger partial charge on any atom is 0.229 e. The van der Waals surface area contributed by atoms with Gasteiger partial charge in [-0.1, -0.05) is 42.9 Å². The van der Waals surface area contributed by atoms with Crippen molar-refractivity contribution in [3.8, 4) is 0 Å². The first-order valence-corrected chi connectivity index (χ1v) is 13.2. The highest BCUT2D eigenvalue weighted by Gasteiger charge is 2.24. The second-order valence-corrected chi connectivity index (χ2v) is 10.7. The van der Waals surface area contributed by atoms with Gasteiger partial charge in [-0.15, -0.1) is 12.4 Å². The lowest BCUT2D eigenvalue weighted by atomic mass is 10.3. The maximum atomic E-state index is 14.2. The Morgan fingerprint density at radius 2 is 1.76 bits per heavy atom. The number of likely N-dealkylation sites (N-methyl/N-ethyl adjacent to an activating group) is 1. The van der Waals surface area contributed by atoms with Gasteiger partial charge in [-0.3, -0.25) is 9.69 Å².